The summed E-state index contributed by atoms with van der Waals surface area (Å²) >= 11 is 0. The van der Waals surface area contributed by atoms with Crippen molar-refractivity contribution in [2.45, 2.75) is 59.4 Å². The third kappa shape index (κ3) is 3.93. The standard InChI is InChI=1S/C23H30N4O2/c1-15-9-12-26(13-10-15)23(29)20-19-6-4-5-11-27(19)21(25-20)22(28)24-18-8-7-16(2)17(3)14-18/h7-8,14-15H,4-6,9-13H2,1-3H3,(H,24,28). The number of rotatable bonds is 3. The molecule has 0 atom stereocenters. The van der Waals surface area contributed by atoms with Crippen LogP contribution in [-0.4, -0.2) is 39.4 Å². The lowest BCUT2D eigenvalue weighted by atomic mass is 9.98. The Morgan fingerprint density at radius 3 is 2.55 bits per heavy atom. The smallest absolute Gasteiger partial charge is 0.291 e. The monoisotopic (exact) mass is 394 g/mol. The highest BCUT2D eigenvalue weighted by molar-refractivity contribution is 6.03. The highest BCUT2D eigenvalue weighted by atomic mass is 16.2. The molecule has 6 heteroatoms. The maximum atomic E-state index is 13.2. The average molecular weight is 395 g/mol. The Balaban J connectivity index is 1.61. The number of anilines is 1. The summed E-state index contributed by atoms with van der Waals surface area (Å²) in [4.78, 5) is 32.7. The number of nitrogens with one attached hydrogen (secondary N) is 1. The van der Waals surface area contributed by atoms with Crippen LogP contribution in [0.1, 0.15) is 70.5 Å². The van der Waals surface area contributed by atoms with Crippen molar-refractivity contribution in [1.29, 1.82) is 0 Å². The maximum absolute atomic E-state index is 13.2. The number of aromatic nitrogens is 2. The van der Waals surface area contributed by atoms with Crippen molar-refractivity contribution < 1.29 is 9.59 Å². The number of hydrogen-bond donors (Lipinski definition) is 1. The van der Waals surface area contributed by atoms with Crippen molar-refractivity contribution in [1.82, 2.24) is 14.5 Å². The van der Waals surface area contributed by atoms with Gasteiger partial charge in [0.2, 0.25) is 0 Å². The number of aryl methyl sites for hydroxylation is 2. The van der Waals surface area contributed by atoms with E-state index in [9.17, 15) is 9.59 Å². The van der Waals surface area contributed by atoms with Crippen LogP contribution in [0.3, 0.4) is 0 Å². The third-order valence-corrected chi connectivity index (χ3v) is 6.36. The number of carbonyl (C=O) groups is 2. The van der Waals surface area contributed by atoms with Gasteiger partial charge in [-0.2, -0.15) is 0 Å². The van der Waals surface area contributed by atoms with Crippen LogP contribution in [0.15, 0.2) is 18.2 Å². The van der Waals surface area contributed by atoms with Crippen LogP contribution in [0.5, 0.6) is 0 Å². The summed E-state index contributed by atoms with van der Waals surface area (Å²) in [5.41, 5.74) is 4.46. The first-order valence-electron chi connectivity index (χ1n) is 10.7. The minimum absolute atomic E-state index is 0.0206. The Hall–Kier alpha value is -2.63. The summed E-state index contributed by atoms with van der Waals surface area (Å²) in [6.07, 6.45) is 4.89. The fourth-order valence-electron chi connectivity index (χ4n) is 4.26. The zero-order valence-electron chi connectivity index (χ0n) is 17.6. The molecule has 29 heavy (non-hydrogen) atoms. The zero-order chi connectivity index (χ0) is 20.5. The fourth-order valence-corrected chi connectivity index (χ4v) is 4.26. The Morgan fingerprint density at radius 2 is 1.83 bits per heavy atom. The molecule has 2 aliphatic heterocycles. The molecule has 1 saturated heterocycles. The van der Waals surface area contributed by atoms with E-state index in [0.29, 0.717) is 17.4 Å². The first kappa shape index (κ1) is 19.7. The molecule has 0 spiro atoms. The van der Waals surface area contributed by atoms with Gasteiger partial charge in [-0.15, -0.1) is 0 Å². The van der Waals surface area contributed by atoms with E-state index in [1.165, 1.54) is 5.56 Å². The summed E-state index contributed by atoms with van der Waals surface area (Å²) in [6.45, 7) is 8.59. The zero-order valence-corrected chi connectivity index (χ0v) is 17.6. The van der Waals surface area contributed by atoms with Crippen LogP contribution in [0.25, 0.3) is 0 Å². The van der Waals surface area contributed by atoms with Gasteiger partial charge in [0, 0.05) is 25.3 Å². The maximum Gasteiger partial charge on any atom is 0.291 e. The highest BCUT2D eigenvalue weighted by Gasteiger charge is 2.31. The molecule has 3 heterocycles. The largest absolute Gasteiger partial charge is 0.337 e. The molecular weight excluding hydrogens is 364 g/mol. The molecule has 154 valence electrons. The van der Waals surface area contributed by atoms with E-state index in [2.05, 4.69) is 17.2 Å². The summed E-state index contributed by atoms with van der Waals surface area (Å²) in [6, 6.07) is 5.87. The van der Waals surface area contributed by atoms with Crippen LogP contribution in [0.2, 0.25) is 0 Å². The molecule has 2 aromatic rings. The Labute approximate surface area is 172 Å². The van der Waals surface area contributed by atoms with E-state index < -0.39 is 0 Å². The number of hydrogen-bond acceptors (Lipinski definition) is 3. The van der Waals surface area contributed by atoms with E-state index >= 15 is 0 Å². The molecular formula is C23H30N4O2. The molecule has 0 saturated carbocycles. The lowest BCUT2D eigenvalue weighted by Gasteiger charge is -2.30. The van der Waals surface area contributed by atoms with E-state index in [1.54, 1.807) is 0 Å². The lowest BCUT2D eigenvalue weighted by Crippen LogP contribution is -2.38. The number of nitrogens with zero attached hydrogens (tertiary/aromatic N) is 3. The molecule has 0 unspecified atom stereocenters. The Kier molecular flexibility index (Phi) is 5.43. The normalized spacial score (nSPS) is 17.1. The van der Waals surface area contributed by atoms with Crippen molar-refractivity contribution in [3.05, 3.63) is 46.5 Å². The second kappa shape index (κ2) is 8.01. The van der Waals surface area contributed by atoms with Crippen LogP contribution in [-0.2, 0) is 13.0 Å². The topological polar surface area (TPSA) is 67.2 Å². The van der Waals surface area contributed by atoms with Crippen LogP contribution < -0.4 is 5.32 Å². The minimum atomic E-state index is -0.247. The minimum Gasteiger partial charge on any atom is -0.337 e. The van der Waals surface area contributed by atoms with E-state index in [4.69, 9.17) is 0 Å². The van der Waals surface area contributed by atoms with Gasteiger partial charge in [0.15, 0.2) is 5.82 Å². The van der Waals surface area contributed by atoms with E-state index in [1.807, 2.05) is 41.5 Å². The quantitative estimate of drug-likeness (QED) is 0.857. The number of fused-ring (bicyclic) bond motifs is 1. The van der Waals surface area contributed by atoms with Crippen molar-refractivity contribution in [3.63, 3.8) is 0 Å². The molecule has 0 radical (unpaired) electrons. The number of carbonyl (C=O) groups excluding carboxylic acids is 2. The van der Waals surface area contributed by atoms with Gasteiger partial charge in [0.1, 0.15) is 5.69 Å². The second-order valence-electron chi connectivity index (χ2n) is 8.57. The number of benzene rings is 1. The SMILES string of the molecule is Cc1ccc(NC(=O)c2nc(C(=O)N3CCC(C)CC3)c3n2CCCC3)cc1C. The van der Waals surface area contributed by atoms with E-state index in [-0.39, 0.29) is 11.8 Å². The van der Waals surface area contributed by atoms with Crippen molar-refractivity contribution in [2.75, 3.05) is 18.4 Å². The molecule has 0 aliphatic carbocycles. The summed E-state index contributed by atoms with van der Waals surface area (Å²) in [7, 11) is 0. The molecule has 1 fully saturated rings. The molecule has 1 aromatic heterocycles. The van der Waals surface area contributed by atoms with Gasteiger partial charge in [-0.1, -0.05) is 13.0 Å². The Morgan fingerprint density at radius 1 is 1.07 bits per heavy atom. The van der Waals surface area contributed by atoms with Gasteiger partial charge in [-0.05, 0) is 75.1 Å². The van der Waals surface area contributed by atoms with Gasteiger partial charge in [0.25, 0.3) is 11.8 Å². The second-order valence-corrected chi connectivity index (χ2v) is 8.57. The molecule has 1 aromatic carbocycles. The predicted molar refractivity (Wildman–Crippen MR) is 113 cm³/mol. The molecule has 2 aliphatic rings. The van der Waals surface area contributed by atoms with Crippen LogP contribution in [0, 0.1) is 19.8 Å². The lowest BCUT2D eigenvalue weighted by molar-refractivity contribution is 0.0690. The first-order valence-corrected chi connectivity index (χ1v) is 10.7. The number of imidazole rings is 1. The summed E-state index contributed by atoms with van der Waals surface area (Å²) in [5.74, 6) is 0.747. The van der Waals surface area contributed by atoms with Gasteiger partial charge >= 0.3 is 0 Å². The van der Waals surface area contributed by atoms with Crippen molar-refractivity contribution in [2.24, 2.45) is 5.92 Å². The van der Waals surface area contributed by atoms with Gasteiger partial charge in [-0.25, -0.2) is 4.98 Å². The molecule has 6 nitrogen and oxygen atoms in total. The molecule has 4 rings (SSSR count). The highest BCUT2D eigenvalue weighted by Crippen LogP contribution is 2.25. The Bertz CT molecular complexity index is 939. The van der Waals surface area contributed by atoms with Crippen LogP contribution in [0.4, 0.5) is 5.69 Å². The molecule has 0 bridgehead atoms. The first-order chi connectivity index (χ1) is 13.9. The average Bonchev–Trinajstić information content (AvgIpc) is 3.11. The van der Waals surface area contributed by atoms with E-state index in [0.717, 1.165) is 68.7 Å². The number of piperidine rings is 1. The fraction of sp³-hybridized carbons (Fsp3) is 0.522. The summed E-state index contributed by atoms with van der Waals surface area (Å²) < 4.78 is 1.96. The van der Waals surface area contributed by atoms with Gasteiger partial charge in [0.05, 0.1) is 5.69 Å². The third-order valence-electron chi connectivity index (χ3n) is 6.36. The van der Waals surface area contributed by atoms with Gasteiger partial charge < -0.3 is 14.8 Å². The van der Waals surface area contributed by atoms with Crippen molar-refractivity contribution >= 4 is 17.5 Å². The molecule has 2 amide bonds. The summed E-state index contributed by atoms with van der Waals surface area (Å²) in [5, 5.41) is 2.97. The molecule has 1 N–H and O–H groups in total. The van der Waals surface area contributed by atoms with Crippen LogP contribution >= 0.6 is 0 Å². The number of likely N-dealkylation sites (tertiary alicyclic amines) is 1. The van der Waals surface area contributed by atoms with Gasteiger partial charge in [-0.3, -0.25) is 9.59 Å². The number of amides is 2. The van der Waals surface area contributed by atoms with Crippen molar-refractivity contribution in [3.8, 4) is 0 Å². The predicted octanol–water partition coefficient (Wildman–Crippen LogP) is 3.96.